The summed E-state index contributed by atoms with van der Waals surface area (Å²) in [5, 5.41) is 6.38. The van der Waals surface area contributed by atoms with Crippen molar-refractivity contribution in [1.82, 2.24) is 10.6 Å². The number of benzene rings is 1. The van der Waals surface area contributed by atoms with Gasteiger partial charge in [0, 0.05) is 32.2 Å². The van der Waals surface area contributed by atoms with E-state index >= 15 is 0 Å². The number of carbonyl (C=O) groups excluding carboxylic acids is 2. The van der Waals surface area contributed by atoms with E-state index in [2.05, 4.69) is 10.6 Å². The van der Waals surface area contributed by atoms with Crippen LogP contribution in [0.4, 0.5) is 0 Å². The number of piperidine rings is 1. The number of rotatable bonds is 6. The molecule has 5 unspecified atom stereocenters. The third-order valence-corrected chi connectivity index (χ3v) is 5.96. The zero-order valence-corrected chi connectivity index (χ0v) is 15.7. The molecule has 2 amide bonds. The average molecular weight is 358 g/mol. The van der Waals surface area contributed by atoms with Gasteiger partial charge in [0.15, 0.2) is 0 Å². The molecule has 2 aliphatic rings. The van der Waals surface area contributed by atoms with E-state index in [9.17, 15) is 9.59 Å². The summed E-state index contributed by atoms with van der Waals surface area (Å²) >= 11 is 0. The Balaban J connectivity index is 1.61. The lowest BCUT2D eigenvalue weighted by atomic mass is 9.71. The molecule has 1 heterocycles. The van der Waals surface area contributed by atoms with Crippen molar-refractivity contribution in [3.05, 3.63) is 35.9 Å². The maximum atomic E-state index is 12.8. The largest absolute Gasteiger partial charge is 0.384 e. The summed E-state index contributed by atoms with van der Waals surface area (Å²) in [6.45, 7) is 2.68. The maximum absolute atomic E-state index is 12.8. The van der Waals surface area contributed by atoms with Crippen LogP contribution in [0, 0.1) is 11.8 Å². The van der Waals surface area contributed by atoms with Crippen molar-refractivity contribution < 1.29 is 14.3 Å². The highest BCUT2D eigenvalue weighted by molar-refractivity contribution is 5.84. The van der Waals surface area contributed by atoms with Crippen LogP contribution in [-0.2, 0) is 14.3 Å². The Morgan fingerprint density at radius 2 is 2.08 bits per heavy atom. The van der Waals surface area contributed by atoms with Gasteiger partial charge in [-0.1, -0.05) is 37.3 Å². The highest BCUT2D eigenvalue weighted by atomic mass is 16.5. The molecule has 2 fully saturated rings. The molecule has 1 saturated heterocycles. The van der Waals surface area contributed by atoms with Crippen molar-refractivity contribution in [2.75, 3.05) is 13.7 Å². The molecule has 142 valence electrons. The minimum absolute atomic E-state index is 0.0951. The molecule has 26 heavy (non-hydrogen) atoms. The summed E-state index contributed by atoms with van der Waals surface area (Å²) in [4.78, 5) is 24.8. The van der Waals surface area contributed by atoms with Crippen molar-refractivity contribution in [2.24, 2.45) is 11.8 Å². The molecule has 0 bridgehead atoms. The summed E-state index contributed by atoms with van der Waals surface area (Å²) in [5.41, 5.74) is 1.06. The van der Waals surface area contributed by atoms with Crippen LogP contribution in [-0.4, -0.2) is 37.6 Å². The summed E-state index contributed by atoms with van der Waals surface area (Å²) < 4.78 is 5.32. The Bertz CT molecular complexity index is 619. The highest BCUT2D eigenvalue weighted by Crippen LogP contribution is 2.36. The van der Waals surface area contributed by atoms with Crippen LogP contribution in [0.2, 0.25) is 0 Å². The average Bonchev–Trinajstić information content (AvgIpc) is 2.63. The van der Waals surface area contributed by atoms with E-state index < -0.39 is 0 Å². The molecular formula is C21H30N2O3. The second-order valence-electron chi connectivity index (χ2n) is 7.65. The fourth-order valence-corrected chi connectivity index (χ4v) is 4.67. The number of ether oxygens (including phenoxy) is 1. The Kier molecular flexibility index (Phi) is 6.30. The number of carbonyl (C=O) groups is 2. The van der Waals surface area contributed by atoms with E-state index in [4.69, 9.17) is 4.74 Å². The highest BCUT2D eigenvalue weighted by Gasteiger charge is 2.41. The molecule has 1 aliphatic heterocycles. The topological polar surface area (TPSA) is 67.4 Å². The first-order valence-electron chi connectivity index (χ1n) is 9.76. The fourth-order valence-electron chi connectivity index (χ4n) is 4.67. The van der Waals surface area contributed by atoms with Crippen molar-refractivity contribution in [3.8, 4) is 0 Å². The lowest BCUT2D eigenvalue weighted by Crippen LogP contribution is -2.56. The molecular weight excluding hydrogens is 328 g/mol. The van der Waals surface area contributed by atoms with Crippen LogP contribution in [0.3, 0.4) is 0 Å². The fraction of sp³-hybridized carbons (Fsp3) is 0.619. The summed E-state index contributed by atoms with van der Waals surface area (Å²) in [6.07, 6.45) is 4.13. The third kappa shape index (κ3) is 4.26. The number of amides is 2. The summed E-state index contributed by atoms with van der Waals surface area (Å²) in [5.74, 6) is 0.838. The number of hydrogen-bond acceptors (Lipinski definition) is 3. The molecule has 1 aromatic rings. The maximum Gasteiger partial charge on any atom is 0.227 e. The monoisotopic (exact) mass is 358 g/mol. The minimum Gasteiger partial charge on any atom is -0.384 e. The van der Waals surface area contributed by atoms with Gasteiger partial charge in [-0.15, -0.1) is 0 Å². The van der Waals surface area contributed by atoms with Crippen LogP contribution in [0.5, 0.6) is 0 Å². The number of nitrogens with one attached hydrogen (secondary N) is 2. The smallest absolute Gasteiger partial charge is 0.227 e. The van der Waals surface area contributed by atoms with E-state index in [1.54, 1.807) is 7.11 Å². The number of fused-ring (bicyclic) bond motifs is 1. The predicted molar refractivity (Wildman–Crippen MR) is 101 cm³/mol. The van der Waals surface area contributed by atoms with Crippen molar-refractivity contribution in [2.45, 2.75) is 57.0 Å². The molecule has 1 saturated carbocycles. The molecule has 1 aliphatic carbocycles. The third-order valence-electron chi connectivity index (χ3n) is 5.96. The van der Waals surface area contributed by atoms with Crippen LogP contribution < -0.4 is 10.6 Å². The van der Waals surface area contributed by atoms with Crippen molar-refractivity contribution in [3.63, 3.8) is 0 Å². The Labute approximate surface area is 155 Å². The molecule has 5 nitrogen and oxygen atoms in total. The summed E-state index contributed by atoms with van der Waals surface area (Å²) in [7, 11) is 1.70. The quantitative estimate of drug-likeness (QED) is 0.821. The van der Waals surface area contributed by atoms with Crippen molar-refractivity contribution in [1.29, 1.82) is 0 Å². The number of hydrogen-bond donors (Lipinski definition) is 2. The van der Waals surface area contributed by atoms with E-state index in [1.807, 2.05) is 37.3 Å². The molecule has 3 rings (SSSR count). The van der Waals surface area contributed by atoms with Gasteiger partial charge in [0.1, 0.15) is 0 Å². The molecule has 0 radical (unpaired) electrons. The Hall–Kier alpha value is -1.88. The van der Waals surface area contributed by atoms with Crippen LogP contribution in [0.15, 0.2) is 30.3 Å². The first-order valence-corrected chi connectivity index (χ1v) is 9.76. The second kappa shape index (κ2) is 8.67. The summed E-state index contributed by atoms with van der Waals surface area (Å²) in [6, 6.07) is 10.2. The first kappa shape index (κ1) is 18.9. The van der Waals surface area contributed by atoms with Gasteiger partial charge in [-0.3, -0.25) is 9.59 Å². The van der Waals surface area contributed by atoms with Crippen LogP contribution in [0.25, 0.3) is 0 Å². The van der Waals surface area contributed by atoms with E-state index in [1.165, 1.54) is 0 Å². The molecule has 5 atom stereocenters. The Morgan fingerprint density at radius 1 is 1.31 bits per heavy atom. The molecule has 1 aromatic carbocycles. The van der Waals surface area contributed by atoms with Crippen LogP contribution >= 0.6 is 0 Å². The van der Waals surface area contributed by atoms with E-state index in [0.717, 1.165) is 31.2 Å². The lowest BCUT2D eigenvalue weighted by Gasteiger charge is -2.44. The first-order chi connectivity index (χ1) is 12.6. The zero-order valence-electron chi connectivity index (χ0n) is 15.7. The second-order valence-corrected chi connectivity index (χ2v) is 7.65. The van der Waals surface area contributed by atoms with E-state index in [-0.39, 0.29) is 29.8 Å². The SMILES string of the molecule is CCC(C(=O)NC1CCC2C(COC)CC(=O)NC2C1)c1ccccc1. The van der Waals surface area contributed by atoms with Gasteiger partial charge >= 0.3 is 0 Å². The van der Waals surface area contributed by atoms with Crippen LogP contribution in [0.1, 0.15) is 50.5 Å². The van der Waals surface area contributed by atoms with E-state index in [0.29, 0.717) is 24.9 Å². The van der Waals surface area contributed by atoms with Gasteiger partial charge in [0.05, 0.1) is 5.92 Å². The molecule has 2 N–H and O–H groups in total. The van der Waals surface area contributed by atoms with Gasteiger partial charge in [-0.2, -0.15) is 0 Å². The standard InChI is InChI=1S/C21H30N2O3/c1-3-17(14-7-5-4-6-8-14)21(25)22-16-9-10-18-15(13-26-2)11-20(24)23-19(18)12-16/h4-8,15-19H,3,9-13H2,1-2H3,(H,22,25)(H,23,24). The zero-order chi connectivity index (χ0) is 18.5. The van der Waals surface area contributed by atoms with Gasteiger partial charge in [-0.05, 0) is 43.1 Å². The van der Waals surface area contributed by atoms with Gasteiger partial charge in [-0.25, -0.2) is 0 Å². The molecule has 0 aromatic heterocycles. The predicted octanol–water partition coefficient (Wildman–Crippen LogP) is 2.62. The van der Waals surface area contributed by atoms with Gasteiger partial charge in [0.2, 0.25) is 11.8 Å². The normalized spacial score (nSPS) is 29.4. The van der Waals surface area contributed by atoms with Crippen molar-refractivity contribution >= 4 is 11.8 Å². The van der Waals surface area contributed by atoms with Gasteiger partial charge in [0.25, 0.3) is 0 Å². The minimum atomic E-state index is -0.115. The molecule has 0 spiro atoms. The van der Waals surface area contributed by atoms with Gasteiger partial charge < -0.3 is 15.4 Å². The molecule has 5 heteroatoms. The lowest BCUT2D eigenvalue weighted by molar-refractivity contribution is -0.128. The Morgan fingerprint density at radius 3 is 2.77 bits per heavy atom. The number of methoxy groups -OCH3 is 1.